The second-order valence-corrected chi connectivity index (χ2v) is 7.27. The van der Waals surface area contributed by atoms with Gasteiger partial charge in [-0.2, -0.15) is 10.5 Å². The fourth-order valence-corrected chi connectivity index (χ4v) is 3.70. The monoisotopic (exact) mass is 380 g/mol. The molecule has 2 rings (SSSR count). The number of hydrogen-bond donors (Lipinski definition) is 0. The third-order valence-corrected chi connectivity index (χ3v) is 5.32. The molecule has 0 spiro atoms. The van der Waals surface area contributed by atoms with Crippen LogP contribution in [0.15, 0.2) is 24.8 Å². The Morgan fingerprint density at radius 3 is 2.39 bits per heavy atom. The molecule has 1 aliphatic carbocycles. The van der Waals surface area contributed by atoms with E-state index in [0.29, 0.717) is 5.92 Å². The largest absolute Gasteiger partial charge is 0.488 e. The van der Waals surface area contributed by atoms with Gasteiger partial charge in [0, 0.05) is 0 Å². The average molecular weight is 380 g/mol. The molecule has 5 nitrogen and oxygen atoms in total. The van der Waals surface area contributed by atoms with Crippen LogP contribution in [0.1, 0.15) is 69.4 Å². The Morgan fingerprint density at radius 1 is 1.14 bits per heavy atom. The highest BCUT2D eigenvalue weighted by Crippen LogP contribution is 2.34. The second-order valence-electron chi connectivity index (χ2n) is 7.27. The first-order valence-electron chi connectivity index (χ1n) is 10.1. The minimum atomic E-state index is -0.313. The summed E-state index contributed by atoms with van der Waals surface area (Å²) in [7, 11) is 0. The molecule has 0 unspecified atom stereocenters. The zero-order valence-corrected chi connectivity index (χ0v) is 16.6. The van der Waals surface area contributed by atoms with Crippen molar-refractivity contribution in [2.24, 2.45) is 11.8 Å². The van der Waals surface area contributed by atoms with Crippen LogP contribution in [0.25, 0.3) is 0 Å². The van der Waals surface area contributed by atoms with Crippen LogP contribution in [0.3, 0.4) is 0 Å². The van der Waals surface area contributed by atoms with Crippen LogP contribution >= 0.6 is 0 Å². The number of nitriles is 2. The van der Waals surface area contributed by atoms with Crippen LogP contribution in [0.4, 0.5) is 0 Å². The lowest BCUT2D eigenvalue weighted by Crippen LogP contribution is -2.26. The Labute approximate surface area is 167 Å². The number of carbonyl (C=O) groups is 1. The van der Waals surface area contributed by atoms with E-state index in [2.05, 4.69) is 13.5 Å². The highest BCUT2D eigenvalue weighted by molar-refractivity contribution is 5.77. The van der Waals surface area contributed by atoms with E-state index in [1.54, 1.807) is 12.1 Å². The van der Waals surface area contributed by atoms with E-state index in [1.165, 1.54) is 31.7 Å². The molecule has 1 saturated carbocycles. The summed E-state index contributed by atoms with van der Waals surface area (Å²) in [6.45, 7) is 6.00. The van der Waals surface area contributed by atoms with Gasteiger partial charge < -0.3 is 9.47 Å². The van der Waals surface area contributed by atoms with E-state index < -0.39 is 0 Å². The van der Waals surface area contributed by atoms with Crippen molar-refractivity contribution in [2.45, 2.75) is 58.3 Å². The summed E-state index contributed by atoms with van der Waals surface area (Å²) in [6, 6.07) is 7.02. The average Bonchev–Trinajstić information content (AvgIpc) is 2.72. The molecule has 1 fully saturated rings. The Balaban J connectivity index is 2.01. The molecule has 1 aliphatic rings. The van der Waals surface area contributed by atoms with E-state index in [4.69, 9.17) is 9.47 Å². The van der Waals surface area contributed by atoms with Gasteiger partial charge in [0.2, 0.25) is 0 Å². The molecule has 148 valence electrons. The molecule has 0 amide bonds. The maximum Gasteiger partial charge on any atom is 0.314 e. The fraction of sp³-hybridized carbons (Fsp3) is 0.522. The van der Waals surface area contributed by atoms with E-state index in [9.17, 15) is 15.3 Å². The van der Waals surface area contributed by atoms with E-state index in [0.717, 1.165) is 25.7 Å². The van der Waals surface area contributed by atoms with Crippen LogP contribution < -0.4 is 9.47 Å². The maximum atomic E-state index is 12.6. The smallest absolute Gasteiger partial charge is 0.314 e. The summed E-state index contributed by atoms with van der Waals surface area (Å²) in [6.07, 6.45) is 10.3. The molecule has 0 saturated heterocycles. The van der Waals surface area contributed by atoms with Gasteiger partial charge in [0.1, 0.15) is 41.4 Å². The molecule has 1 aromatic rings. The van der Waals surface area contributed by atoms with Crippen molar-refractivity contribution >= 4 is 5.97 Å². The first-order chi connectivity index (χ1) is 13.6. The first-order valence-corrected chi connectivity index (χ1v) is 10.1. The lowest BCUT2D eigenvalue weighted by atomic mass is 9.80. The topological polar surface area (TPSA) is 83.1 Å². The summed E-state index contributed by atoms with van der Waals surface area (Å²) in [5.74, 6) is 0.659. The molecule has 1 aromatic carbocycles. The van der Waals surface area contributed by atoms with Crippen molar-refractivity contribution in [2.75, 3.05) is 6.61 Å². The first kappa shape index (κ1) is 21.5. The van der Waals surface area contributed by atoms with Gasteiger partial charge in [0.25, 0.3) is 0 Å². The molecule has 0 aliphatic heterocycles. The molecule has 0 aromatic heterocycles. The molecular formula is C23H28N2O3. The Bertz CT molecular complexity index is 765. The van der Waals surface area contributed by atoms with Gasteiger partial charge in [-0.25, -0.2) is 0 Å². The van der Waals surface area contributed by atoms with Crippen LogP contribution in [0, 0.1) is 34.5 Å². The SMILES string of the molecule is C=CCOc1ccc(OC(=O)C2CCC(CCCCC)CC2)c(C#N)c1C#N. The van der Waals surface area contributed by atoms with Crippen molar-refractivity contribution in [3.63, 3.8) is 0 Å². The Hall–Kier alpha value is -2.79. The minimum absolute atomic E-state index is 0.0330. The summed E-state index contributed by atoms with van der Waals surface area (Å²) in [4.78, 5) is 12.6. The quantitative estimate of drug-likeness (QED) is 0.252. The third-order valence-electron chi connectivity index (χ3n) is 5.32. The number of benzene rings is 1. The number of esters is 1. The fourth-order valence-electron chi connectivity index (χ4n) is 3.70. The van der Waals surface area contributed by atoms with Gasteiger partial charge in [-0.1, -0.05) is 45.3 Å². The summed E-state index contributed by atoms with van der Waals surface area (Å²) < 4.78 is 10.9. The minimum Gasteiger partial charge on any atom is -0.488 e. The number of rotatable bonds is 9. The molecule has 0 atom stereocenters. The molecule has 0 bridgehead atoms. The van der Waals surface area contributed by atoms with Crippen molar-refractivity contribution in [1.29, 1.82) is 10.5 Å². The van der Waals surface area contributed by atoms with E-state index in [1.807, 2.05) is 12.1 Å². The highest BCUT2D eigenvalue weighted by atomic mass is 16.5. The molecule has 0 radical (unpaired) electrons. The molecule has 28 heavy (non-hydrogen) atoms. The van der Waals surface area contributed by atoms with Crippen molar-refractivity contribution in [3.8, 4) is 23.6 Å². The lowest BCUT2D eigenvalue weighted by Gasteiger charge is -2.27. The number of unbranched alkanes of at least 4 members (excludes halogenated alkanes) is 2. The number of carbonyl (C=O) groups excluding carboxylic acids is 1. The summed E-state index contributed by atoms with van der Waals surface area (Å²) in [5.41, 5.74) is 0.111. The van der Waals surface area contributed by atoms with Gasteiger partial charge in [-0.3, -0.25) is 4.79 Å². The van der Waals surface area contributed by atoms with Crippen molar-refractivity contribution < 1.29 is 14.3 Å². The highest BCUT2D eigenvalue weighted by Gasteiger charge is 2.28. The standard InChI is InChI=1S/C23H28N2O3/c1-3-5-6-7-17-8-10-18(11-9-17)23(26)28-22-13-12-21(27-14-4-2)19(15-24)20(22)16-25/h4,12-13,17-18H,2-3,5-11,14H2,1H3. The second kappa shape index (κ2) is 11.1. The lowest BCUT2D eigenvalue weighted by molar-refractivity contribution is -0.140. The maximum absolute atomic E-state index is 12.6. The third kappa shape index (κ3) is 5.60. The van der Waals surface area contributed by atoms with Crippen molar-refractivity contribution in [1.82, 2.24) is 0 Å². The van der Waals surface area contributed by atoms with Crippen LogP contribution in [0.2, 0.25) is 0 Å². The molecule has 5 heteroatoms. The molecule has 0 N–H and O–H groups in total. The normalized spacial score (nSPS) is 18.5. The zero-order chi connectivity index (χ0) is 20.4. The number of ether oxygens (including phenoxy) is 2. The predicted molar refractivity (Wildman–Crippen MR) is 107 cm³/mol. The van der Waals surface area contributed by atoms with Crippen molar-refractivity contribution in [3.05, 3.63) is 35.9 Å². The number of nitrogens with zero attached hydrogens (tertiary/aromatic N) is 2. The van der Waals surface area contributed by atoms with Crippen LogP contribution in [-0.2, 0) is 4.79 Å². The zero-order valence-electron chi connectivity index (χ0n) is 16.6. The Kier molecular flexibility index (Phi) is 8.56. The van der Waals surface area contributed by atoms with Gasteiger partial charge in [-0.15, -0.1) is 0 Å². The predicted octanol–water partition coefficient (Wildman–Crippen LogP) is 5.29. The van der Waals surface area contributed by atoms with Gasteiger partial charge in [-0.05, 0) is 43.7 Å². The molecular weight excluding hydrogens is 352 g/mol. The van der Waals surface area contributed by atoms with Gasteiger partial charge in [0.05, 0.1) is 5.92 Å². The number of hydrogen-bond acceptors (Lipinski definition) is 5. The van der Waals surface area contributed by atoms with E-state index in [-0.39, 0.29) is 41.1 Å². The van der Waals surface area contributed by atoms with Crippen LogP contribution in [-0.4, -0.2) is 12.6 Å². The Morgan fingerprint density at radius 2 is 1.79 bits per heavy atom. The summed E-state index contributed by atoms with van der Waals surface area (Å²) >= 11 is 0. The van der Waals surface area contributed by atoms with E-state index >= 15 is 0 Å². The van der Waals surface area contributed by atoms with Crippen LogP contribution in [0.5, 0.6) is 11.5 Å². The molecule has 0 heterocycles. The van der Waals surface area contributed by atoms with Gasteiger partial charge in [0.15, 0.2) is 0 Å². The van der Waals surface area contributed by atoms with Gasteiger partial charge >= 0.3 is 5.97 Å². The summed E-state index contributed by atoms with van der Waals surface area (Å²) in [5, 5.41) is 18.9.